The summed E-state index contributed by atoms with van der Waals surface area (Å²) < 4.78 is 24.9. The van der Waals surface area contributed by atoms with Crippen LogP contribution in [0, 0.1) is 13.8 Å². The molecule has 0 unspecified atom stereocenters. The zero-order valence-corrected chi connectivity index (χ0v) is 16.1. The van der Waals surface area contributed by atoms with E-state index < -0.39 is 10.0 Å². The van der Waals surface area contributed by atoms with Crippen molar-refractivity contribution in [3.8, 4) is 0 Å². The molecule has 134 valence electrons. The Balaban J connectivity index is 1.86. The molecule has 7 heteroatoms. The average Bonchev–Trinajstić information content (AvgIpc) is 2.53. The second kappa shape index (κ2) is 8.40. The Morgan fingerprint density at radius 3 is 2.52 bits per heavy atom. The fourth-order valence-corrected chi connectivity index (χ4v) is 3.60. The summed E-state index contributed by atoms with van der Waals surface area (Å²) in [5.41, 5.74) is 3.31. The van der Waals surface area contributed by atoms with Gasteiger partial charge < -0.3 is 5.32 Å². The summed E-state index contributed by atoms with van der Waals surface area (Å²) in [6.45, 7) is 4.69. The fourth-order valence-electron chi connectivity index (χ4n) is 2.18. The number of anilines is 1. The summed E-state index contributed by atoms with van der Waals surface area (Å²) in [5, 5.41) is 2.85. The molecule has 2 aromatic rings. The van der Waals surface area contributed by atoms with Crippen molar-refractivity contribution in [2.24, 2.45) is 0 Å². The smallest absolute Gasteiger partial charge is 0.251 e. The molecule has 2 N–H and O–H groups in total. The molecule has 0 saturated heterocycles. The predicted molar refractivity (Wildman–Crippen MR) is 104 cm³/mol. The first-order chi connectivity index (χ1) is 11.7. The summed E-state index contributed by atoms with van der Waals surface area (Å²) in [4.78, 5) is 13.4. The number of hydrogen-bond acceptors (Lipinski definition) is 4. The van der Waals surface area contributed by atoms with Gasteiger partial charge in [0.05, 0.1) is 6.26 Å². The average molecular weight is 379 g/mol. The number of carbonyl (C=O) groups excluding carboxylic acids is 1. The lowest BCUT2D eigenvalue weighted by atomic mass is 10.1. The molecular weight excluding hydrogens is 356 g/mol. The molecule has 1 amide bonds. The molecule has 0 aliphatic heterocycles. The van der Waals surface area contributed by atoms with Crippen LogP contribution in [0.2, 0.25) is 0 Å². The fraction of sp³-hybridized carbons (Fsp3) is 0.278. The number of hydrogen-bond donors (Lipinski definition) is 2. The van der Waals surface area contributed by atoms with E-state index in [0.717, 1.165) is 12.0 Å². The van der Waals surface area contributed by atoms with Gasteiger partial charge in [-0.15, -0.1) is 11.8 Å². The van der Waals surface area contributed by atoms with E-state index >= 15 is 0 Å². The van der Waals surface area contributed by atoms with Crippen LogP contribution >= 0.6 is 11.8 Å². The van der Waals surface area contributed by atoms with E-state index in [2.05, 4.69) is 42.1 Å². The Bertz CT molecular complexity index is 864. The van der Waals surface area contributed by atoms with Crippen molar-refractivity contribution in [2.45, 2.75) is 18.7 Å². The SMILES string of the molecule is Cc1ccc(SCCNC(=O)c2cccc(NS(C)(=O)=O)c2)cc1C. The van der Waals surface area contributed by atoms with E-state index in [9.17, 15) is 13.2 Å². The highest BCUT2D eigenvalue weighted by Gasteiger charge is 2.08. The number of nitrogens with one attached hydrogen (secondary N) is 2. The Morgan fingerprint density at radius 2 is 1.84 bits per heavy atom. The third kappa shape index (κ3) is 6.43. The summed E-state index contributed by atoms with van der Waals surface area (Å²) in [5.74, 6) is 0.535. The van der Waals surface area contributed by atoms with Crippen LogP contribution in [0.1, 0.15) is 21.5 Å². The third-order valence-electron chi connectivity index (χ3n) is 3.56. The molecule has 0 atom stereocenters. The molecule has 5 nitrogen and oxygen atoms in total. The van der Waals surface area contributed by atoms with Gasteiger partial charge in [0, 0.05) is 28.4 Å². The van der Waals surface area contributed by atoms with E-state index in [1.54, 1.807) is 30.0 Å². The lowest BCUT2D eigenvalue weighted by molar-refractivity contribution is 0.0956. The van der Waals surface area contributed by atoms with Gasteiger partial charge in [-0.1, -0.05) is 12.1 Å². The maximum Gasteiger partial charge on any atom is 0.251 e. The molecule has 0 spiro atoms. The molecule has 2 rings (SSSR count). The maximum atomic E-state index is 12.2. The summed E-state index contributed by atoms with van der Waals surface area (Å²) >= 11 is 1.69. The van der Waals surface area contributed by atoms with Gasteiger partial charge in [0.25, 0.3) is 5.91 Å². The van der Waals surface area contributed by atoms with Crippen LogP contribution in [0.3, 0.4) is 0 Å². The summed E-state index contributed by atoms with van der Waals surface area (Å²) in [6.07, 6.45) is 1.07. The molecule has 0 saturated carbocycles. The number of rotatable bonds is 7. The van der Waals surface area contributed by atoms with Crippen LogP contribution in [-0.4, -0.2) is 32.9 Å². The van der Waals surface area contributed by atoms with Gasteiger partial charge in [0.2, 0.25) is 10.0 Å². The Kier molecular flexibility index (Phi) is 6.50. The highest BCUT2D eigenvalue weighted by molar-refractivity contribution is 7.99. The lowest BCUT2D eigenvalue weighted by Crippen LogP contribution is -2.25. The maximum absolute atomic E-state index is 12.2. The van der Waals surface area contributed by atoms with Crippen molar-refractivity contribution in [1.29, 1.82) is 0 Å². The van der Waals surface area contributed by atoms with Crippen LogP contribution in [0.15, 0.2) is 47.4 Å². The standard InChI is InChI=1S/C18H22N2O3S2/c1-13-7-8-17(11-14(13)2)24-10-9-19-18(21)15-5-4-6-16(12-15)20-25(3,22)23/h4-8,11-12,20H,9-10H2,1-3H3,(H,19,21). The number of benzene rings is 2. The largest absolute Gasteiger partial charge is 0.351 e. The molecule has 0 aromatic heterocycles. The molecule has 0 fully saturated rings. The number of sulfonamides is 1. The Labute approximate surface area is 153 Å². The molecule has 0 radical (unpaired) electrons. The number of carbonyl (C=O) groups is 1. The minimum Gasteiger partial charge on any atom is -0.351 e. The monoisotopic (exact) mass is 378 g/mol. The van der Waals surface area contributed by atoms with Crippen molar-refractivity contribution >= 4 is 33.4 Å². The second-order valence-corrected chi connectivity index (χ2v) is 8.72. The quantitative estimate of drug-likeness (QED) is 0.573. The molecule has 0 aliphatic carbocycles. The first-order valence-electron chi connectivity index (χ1n) is 7.81. The number of thioether (sulfide) groups is 1. The Morgan fingerprint density at radius 1 is 1.08 bits per heavy atom. The zero-order valence-electron chi connectivity index (χ0n) is 14.5. The van der Waals surface area contributed by atoms with Crippen molar-refractivity contribution in [3.05, 3.63) is 59.2 Å². The van der Waals surface area contributed by atoms with E-state index in [4.69, 9.17) is 0 Å². The topological polar surface area (TPSA) is 75.3 Å². The summed E-state index contributed by atoms with van der Waals surface area (Å²) in [7, 11) is -3.36. The van der Waals surface area contributed by atoms with Crippen LogP contribution in [-0.2, 0) is 10.0 Å². The zero-order chi connectivity index (χ0) is 18.4. The molecule has 2 aromatic carbocycles. The molecule has 0 aliphatic rings. The van der Waals surface area contributed by atoms with Crippen molar-refractivity contribution in [3.63, 3.8) is 0 Å². The predicted octanol–water partition coefficient (Wildman–Crippen LogP) is 3.20. The minimum absolute atomic E-state index is 0.224. The second-order valence-electron chi connectivity index (χ2n) is 5.81. The first-order valence-corrected chi connectivity index (χ1v) is 10.7. The molecule has 0 heterocycles. The van der Waals surface area contributed by atoms with Gasteiger partial charge in [-0.3, -0.25) is 9.52 Å². The van der Waals surface area contributed by atoms with Gasteiger partial charge in [0.15, 0.2) is 0 Å². The van der Waals surface area contributed by atoms with Crippen molar-refractivity contribution in [1.82, 2.24) is 5.32 Å². The summed E-state index contributed by atoms with van der Waals surface area (Å²) in [6, 6.07) is 12.7. The van der Waals surface area contributed by atoms with Crippen molar-refractivity contribution < 1.29 is 13.2 Å². The van der Waals surface area contributed by atoms with Crippen molar-refractivity contribution in [2.75, 3.05) is 23.3 Å². The molecule has 25 heavy (non-hydrogen) atoms. The normalized spacial score (nSPS) is 11.2. The lowest BCUT2D eigenvalue weighted by Gasteiger charge is -2.08. The van der Waals surface area contributed by atoms with Gasteiger partial charge in [0.1, 0.15) is 0 Å². The molecular formula is C18H22N2O3S2. The van der Waals surface area contributed by atoms with Gasteiger partial charge in [-0.2, -0.15) is 0 Å². The van der Waals surface area contributed by atoms with Crippen LogP contribution in [0.4, 0.5) is 5.69 Å². The number of aryl methyl sites for hydroxylation is 2. The van der Waals surface area contributed by atoms with E-state index in [0.29, 0.717) is 17.8 Å². The van der Waals surface area contributed by atoms with Gasteiger partial charge >= 0.3 is 0 Å². The van der Waals surface area contributed by atoms with Crippen LogP contribution in [0.25, 0.3) is 0 Å². The van der Waals surface area contributed by atoms with Gasteiger partial charge in [-0.05, 0) is 55.3 Å². The highest BCUT2D eigenvalue weighted by Crippen LogP contribution is 2.20. The van der Waals surface area contributed by atoms with Crippen LogP contribution in [0.5, 0.6) is 0 Å². The first kappa shape index (κ1) is 19.3. The van der Waals surface area contributed by atoms with E-state index in [-0.39, 0.29) is 5.91 Å². The van der Waals surface area contributed by atoms with E-state index in [1.165, 1.54) is 22.1 Å². The Hall–Kier alpha value is -1.99. The number of amides is 1. The van der Waals surface area contributed by atoms with Crippen LogP contribution < -0.4 is 10.0 Å². The van der Waals surface area contributed by atoms with Gasteiger partial charge in [-0.25, -0.2) is 8.42 Å². The minimum atomic E-state index is -3.36. The third-order valence-corrected chi connectivity index (χ3v) is 5.16. The van der Waals surface area contributed by atoms with E-state index in [1.807, 2.05) is 0 Å². The molecule has 0 bridgehead atoms. The highest BCUT2D eigenvalue weighted by atomic mass is 32.2.